The van der Waals surface area contributed by atoms with Crippen LogP contribution in [-0.2, 0) is 15.1 Å². The molecule has 0 atom stereocenters. The monoisotopic (exact) mass is 534 g/mol. The summed E-state index contributed by atoms with van der Waals surface area (Å²) in [6.07, 6.45) is 4.40. The zero-order valence-corrected chi connectivity index (χ0v) is 22.8. The first-order chi connectivity index (χ1) is 19.7. The van der Waals surface area contributed by atoms with Crippen molar-refractivity contribution in [3.63, 3.8) is 0 Å². The number of hydrogen-bond acceptors (Lipinski definition) is 6. The van der Waals surface area contributed by atoms with Crippen LogP contribution in [0.25, 0.3) is 16.8 Å². The van der Waals surface area contributed by atoms with Crippen LogP contribution in [0.5, 0.6) is 11.5 Å². The number of rotatable bonds is 5. The van der Waals surface area contributed by atoms with Gasteiger partial charge in [-0.15, -0.1) is 0 Å². The van der Waals surface area contributed by atoms with Gasteiger partial charge in [-0.3, -0.25) is 0 Å². The Bertz CT molecular complexity index is 1460. The lowest BCUT2D eigenvalue weighted by Crippen LogP contribution is -2.37. The molecule has 0 bridgehead atoms. The van der Waals surface area contributed by atoms with Gasteiger partial charge in [-0.2, -0.15) is 0 Å². The fraction of sp³-hybridized carbons (Fsp3) is 0.294. The van der Waals surface area contributed by atoms with E-state index in [1.54, 1.807) is 7.11 Å². The Morgan fingerprint density at radius 3 is 1.77 bits per heavy atom. The summed E-state index contributed by atoms with van der Waals surface area (Å²) in [5.74, 6) is 1.68. The van der Waals surface area contributed by atoms with Gasteiger partial charge in [0.05, 0.1) is 33.5 Å². The Balaban J connectivity index is 1.32. The summed E-state index contributed by atoms with van der Waals surface area (Å²) >= 11 is 0. The molecule has 6 nitrogen and oxygen atoms in total. The van der Waals surface area contributed by atoms with Gasteiger partial charge in [0, 0.05) is 59.6 Å². The molecule has 2 fully saturated rings. The van der Waals surface area contributed by atoms with Crippen molar-refractivity contribution >= 4 is 28.2 Å². The SMILES string of the molecule is COc1ccc2ccc3c(c2c1)OC(c1ccc(N2CCOCC2)cc1)(c1ccc(N2CCOCC2)cc1)C=C3. The van der Waals surface area contributed by atoms with Gasteiger partial charge in [-0.05, 0) is 47.9 Å². The first kappa shape index (κ1) is 25.0. The average molecular weight is 535 g/mol. The van der Waals surface area contributed by atoms with Gasteiger partial charge >= 0.3 is 0 Å². The van der Waals surface area contributed by atoms with Crippen molar-refractivity contribution in [2.45, 2.75) is 5.60 Å². The maximum atomic E-state index is 7.17. The molecule has 0 aromatic heterocycles. The molecule has 0 unspecified atom stereocenters. The van der Waals surface area contributed by atoms with Crippen molar-refractivity contribution in [1.29, 1.82) is 0 Å². The van der Waals surface area contributed by atoms with Crippen LogP contribution in [0.3, 0.4) is 0 Å². The molecule has 204 valence electrons. The predicted octanol–water partition coefficient (Wildman–Crippen LogP) is 5.87. The molecule has 6 heteroatoms. The smallest absolute Gasteiger partial charge is 0.178 e. The van der Waals surface area contributed by atoms with Crippen LogP contribution in [0.15, 0.2) is 84.9 Å². The molecule has 0 amide bonds. The fourth-order valence-electron chi connectivity index (χ4n) is 6.02. The van der Waals surface area contributed by atoms with E-state index < -0.39 is 5.60 Å². The number of ether oxygens (including phenoxy) is 4. The molecule has 3 heterocycles. The fourth-order valence-corrected chi connectivity index (χ4v) is 6.02. The number of anilines is 2. The summed E-state index contributed by atoms with van der Waals surface area (Å²) in [6.45, 7) is 6.69. The third kappa shape index (κ3) is 4.47. The van der Waals surface area contributed by atoms with Crippen molar-refractivity contribution < 1.29 is 18.9 Å². The summed E-state index contributed by atoms with van der Waals surface area (Å²) in [5, 5.41) is 2.16. The number of nitrogens with zero attached hydrogens (tertiary/aromatic N) is 2. The second kappa shape index (κ2) is 10.5. The Morgan fingerprint density at radius 2 is 1.23 bits per heavy atom. The van der Waals surface area contributed by atoms with E-state index in [2.05, 4.69) is 94.7 Å². The highest BCUT2D eigenvalue weighted by Gasteiger charge is 2.38. The van der Waals surface area contributed by atoms with Crippen LogP contribution < -0.4 is 19.3 Å². The van der Waals surface area contributed by atoms with Crippen LogP contribution in [0.2, 0.25) is 0 Å². The van der Waals surface area contributed by atoms with E-state index in [4.69, 9.17) is 18.9 Å². The summed E-state index contributed by atoms with van der Waals surface area (Å²) in [4.78, 5) is 4.76. The van der Waals surface area contributed by atoms with Gasteiger partial charge in [-0.25, -0.2) is 0 Å². The van der Waals surface area contributed by atoms with Crippen LogP contribution in [0.1, 0.15) is 16.7 Å². The Labute approximate surface area is 235 Å². The lowest BCUT2D eigenvalue weighted by atomic mass is 9.83. The normalized spacial score (nSPS) is 18.3. The maximum Gasteiger partial charge on any atom is 0.178 e. The summed E-state index contributed by atoms with van der Waals surface area (Å²) < 4.78 is 23.9. The van der Waals surface area contributed by atoms with Gasteiger partial charge in [-0.1, -0.05) is 48.5 Å². The molecule has 0 spiro atoms. The lowest BCUT2D eigenvalue weighted by Gasteiger charge is -2.37. The van der Waals surface area contributed by atoms with E-state index in [1.807, 2.05) is 6.07 Å². The minimum atomic E-state index is -0.780. The highest BCUT2D eigenvalue weighted by Crippen LogP contribution is 2.46. The first-order valence-electron chi connectivity index (χ1n) is 14.1. The molecule has 0 aliphatic carbocycles. The number of methoxy groups -OCH3 is 1. The summed E-state index contributed by atoms with van der Waals surface area (Å²) in [6, 6.07) is 28.1. The second-order valence-corrected chi connectivity index (χ2v) is 10.5. The van der Waals surface area contributed by atoms with Crippen LogP contribution >= 0.6 is 0 Å². The quantitative estimate of drug-likeness (QED) is 0.319. The molecular weight excluding hydrogens is 500 g/mol. The third-order valence-corrected chi connectivity index (χ3v) is 8.32. The molecule has 2 saturated heterocycles. The summed E-state index contributed by atoms with van der Waals surface area (Å²) in [5.41, 5.74) is 4.87. The molecule has 0 N–H and O–H groups in total. The number of morpholine rings is 2. The Kier molecular flexibility index (Phi) is 6.58. The largest absolute Gasteiger partial charge is 0.497 e. The summed E-state index contributed by atoms with van der Waals surface area (Å²) in [7, 11) is 1.70. The number of fused-ring (bicyclic) bond motifs is 3. The number of hydrogen-bond donors (Lipinski definition) is 0. The minimum Gasteiger partial charge on any atom is -0.497 e. The van der Waals surface area contributed by atoms with Crippen molar-refractivity contribution in [1.82, 2.24) is 0 Å². The zero-order valence-electron chi connectivity index (χ0n) is 22.8. The highest BCUT2D eigenvalue weighted by molar-refractivity contribution is 5.93. The van der Waals surface area contributed by atoms with E-state index in [-0.39, 0.29) is 0 Å². The van der Waals surface area contributed by atoms with E-state index in [1.165, 1.54) is 11.4 Å². The maximum absolute atomic E-state index is 7.17. The van der Waals surface area contributed by atoms with Crippen molar-refractivity contribution in [3.8, 4) is 11.5 Å². The molecule has 40 heavy (non-hydrogen) atoms. The van der Waals surface area contributed by atoms with Gasteiger partial charge in [0.2, 0.25) is 0 Å². The molecule has 3 aliphatic heterocycles. The Morgan fingerprint density at radius 1 is 0.675 bits per heavy atom. The molecule has 0 saturated carbocycles. The standard InChI is InChI=1S/C34H34N2O4/c1-37-31-13-4-25-2-3-26-14-15-34(40-33(26)32(25)24-31,27-5-9-29(10-6-27)35-16-20-38-21-17-35)28-7-11-30(12-8-28)36-18-22-39-23-19-36/h2-15,24H,16-23H2,1H3. The van der Waals surface area contributed by atoms with Crippen molar-refractivity contribution in [3.05, 3.63) is 102 Å². The molecule has 4 aromatic carbocycles. The highest BCUT2D eigenvalue weighted by atomic mass is 16.5. The van der Waals surface area contributed by atoms with Crippen LogP contribution in [0, 0.1) is 0 Å². The first-order valence-corrected chi connectivity index (χ1v) is 14.1. The topological polar surface area (TPSA) is 43.4 Å². The molecule has 3 aliphatic rings. The molecule has 7 rings (SSSR count). The van der Waals surface area contributed by atoms with E-state index in [0.29, 0.717) is 0 Å². The van der Waals surface area contributed by atoms with Crippen molar-refractivity contribution in [2.75, 3.05) is 69.5 Å². The van der Waals surface area contributed by atoms with Crippen LogP contribution in [0.4, 0.5) is 11.4 Å². The van der Waals surface area contributed by atoms with E-state index >= 15 is 0 Å². The second-order valence-electron chi connectivity index (χ2n) is 10.5. The predicted molar refractivity (Wildman–Crippen MR) is 160 cm³/mol. The Hall–Kier alpha value is -4.00. The van der Waals surface area contributed by atoms with Gasteiger partial charge in [0.15, 0.2) is 5.60 Å². The average Bonchev–Trinajstić information content (AvgIpc) is 3.05. The lowest BCUT2D eigenvalue weighted by molar-refractivity contribution is 0.122. The van der Waals surface area contributed by atoms with E-state index in [0.717, 1.165) is 91.6 Å². The van der Waals surface area contributed by atoms with Crippen molar-refractivity contribution in [2.24, 2.45) is 0 Å². The molecule has 4 aromatic rings. The van der Waals surface area contributed by atoms with Gasteiger partial charge < -0.3 is 28.7 Å². The third-order valence-electron chi connectivity index (χ3n) is 8.32. The molecular formula is C34H34N2O4. The minimum absolute atomic E-state index is 0.764. The number of benzene rings is 4. The zero-order chi connectivity index (χ0) is 26.9. The van der Waals surface area contributed by atoms with Gasteiger partial charge in [0.1, 0.15) is 11.5 Å². The molecule has 0 radical (unpaired) electrons. The van der Waals surface area contributed by atoms with E-state index in [9.17, 15) is 0 Å². The van der Waals surface area contributed by atoms with Crippen LogP contribution in [-0.4, -0.2) is 59.7 Å². The van der Waals surface area contributed by atoms with Gasteiger partial charge in [0.25, 0.3) is 0 Å².